The van der Waals surface area contributed by atoms with Crippen molar-refractivity contribution in [3.63, 3.8) is 0 Å². The predicted molar refractivity (Wildman–Crippen MR) is 105 cm³/mol. The summed E-state index contributed by atoms with van der Waals surface area (Å²) in [5.74, 6) is -0.0449. The van der Waals surface area contributed by atoms with Gasteiger partial charge in [-0.3, -0.25) is 14.4 Å². The molecule has 1 aromatic carbocycles. The van der Waals surface area contributed by atoms with E-state index in [0.717, 1.165) is 11.1 Å². The van der Waals surface area contributed by atoms with E-state index in [4.69, 9.17) is 0 Å². The van der Waals surface area contributed by atoms with Crippen LogP contribution in [-0.2, 0) is 14.4 Å². The third-order valence-electron chi connectivity index (χ3n) is 4.80. The number of carbonyl (C=O) groups is 3. The molecule has 1 aliphatic heterocycles. The van der Waals surface area contributed by atoms with Gasteiger partial charge in [0.25, 0.3) is 0 Å². The molecule has 6 heteroatoms. The van der Waals surface area contributed by atoms with Gasteiger partial charge in [-0.2, -0.15) is 0 Å². The summed E-state index contributed by atoms with van der Waals surface area (Å²) < 4.78 is 0. The van der Waals surface area contributed by atoms with Crippen LogP contribution in [0.5, 0.6) is 0 Å². The van der Waals surface area contributed by atoms with Gasteiger partial charge in [0, 0.05) is 38.5 Å². The molecule has 0 radical (unpaired) electrons. The second kappa shape index (κ2) is 8.55. The van der Waals surface area contributed by atoms with E-state index >= 15 is 0 Å². The van der Waals surface area contributed by atoms with Crippen LogP contribution >= 0.6 is 0 Å². The van der Waals surface area contributed by atoms with Gasteiger partial charge in [-0.25, -0.2) is 0 Å². The Morgan fingerprint density at radius 1 is 1.00 bits per heavy atom. The fourth-order valence-electron chi connectivity index (χ4n) is 3.23. The molecule has 0 bridgehead atoms. The molecule has 148 valence electrons. The Labute approximate surface area is 161 Å². The molecule has 6 nitrogen and oxygen atoms in total. The van der Waals surface area contributed by atoms with E-state index in [-0.39, 0.29) is 30.2 Å². The Balaban J connectivity index is 1.99. The first-order valence-electron chi connectivity index (χ1n) is 9.49. The van der Waals surface area contributed by atoms with Crippen molar-refractivity contribution in [2.45, 2.75) is 47.1 Å². The van der Waals surface area contributed by atoms with Crippen LogP contribution in [-0.4, -0.2) is 53.7 Å². The first-order valence-corrected chi connectivity index (χ1v) is 9.49. The minimum Gasteiger partial charge on any atom is -0.349 e. The van der Waals surface area contributed by atoms with Crippen LogP contribution in [0.15, 0.2) is 24.3 Å². The molecule has 1 unspecified atom stereocenters. The second-order valence-corrected chi connectivity index (χ2v) is 8.29. The molecule has 1 heterocycles. The van der Waals surface area contributed by atoms with Crippen molar-refractivity contribution in [2.24, 2.45) is 5.41 Å². The lowest BCUT2D eigenvalue weighted by Crippen LogP contribution is -2.53. The van der Waals surface area contributed by atoms with E-state index in [9.17, 15) is 14.4 Å². The summed E-state index contributed by atoms with van der Waals surface area (Å²) in [6.45, 7) is 11.4. The molecule has 0 aromatic heterocycles. The number of hydrogen-bond donors (Lipinski definition) is 1. The van der Waals surface area contributed by atoms with Crippen LogP contribution in [0.3, 0.4) is 0 Å². The average Bonchev–Trinajstić information content (AvgIpc) is 2.60. The van der Waals surface area contributed by atoms with E-state index in [1.807, 2.05) is 56.9 Å². The van der Waals surface area contributed by atoms with Crippen molar-refractivity contribution in [1.29, 1.82) is 0 Å². The van der Waals surface area contributed by atoms with Gasteiger partial charge >= 0.3 is 0 Å². The monoisotopic (exact) mass is 373 g/mol. The minimum atomic E-state index is -0.409. The molecule has 1 atom stereocenters. The van der Waals surface area contributed by atoms with Gasteiger partial charge in [0.2, 0.25) is 17.7 Å². The second-order valence-electron chi connectivity index (χ2n) is 8.29. The summed E-state index contributed by atoms with van der Waals surface area (Å²) in [5, 5.41) is 2.88. The van der Waals surface area contributed by atoms with Crippen molar-refractivity contribution in [3.8, 4) is 0 Å². The van der Waals surface area contributed by atoms with E-state index in [1.54, 1.807) is 4.90 Å². The molecule has 0 spiro atoms. The highest BCUT2D eigenvalue weighted by molar-refractivity contribution is 5.82. The third kappa shape index (κ3) is 5.81. The molecule has 0 saturated carbocycles. The van der Waals surface area contributed by atoms with Gasteiger partial charge < -0.3 is 15.1 Å². The number of nitrogens with one attached hydrogen (secondary N) is 1. The number of nitrogens with zero attached hydrogens (tertiary/aromatic N) is 2. The van der Waals surface area contributed by atoms with Gasteiger partial charge in [-0.1, -0.05) is 50.6 Å². The first-order chi connectivity index (χ1) is 12.6. The molecule has 1 aliphatic rings. The number of carbonyl (C=O) groups excluding carboxylic acids is 3. The third-order valence-corrected chi connectivity index (χ3v) is 4.80. The fraction of sp³-hybridized carbons (Fsp3) is 0.571. The zero-order valence-electron chi connectivity index (χ0n) is 17.0. The zero-order chi connectivity index (χ0) is 20.2. The van der Waals surface area contributed by atoms with Gasteiger partial charge in [0.15, 0.2) is 0 Å². The number of aryl methyl sites for hydroxylation is 1. The summed E-state index contributed by atoms with van der Waals surface area (Å²) in [6, 6.07) is 7.51. The highest BCUT2D eigenvalue weighted by atomic mass is 16.2. The van der Waals surface area contributed by atoms with Crippen LogP contribution in [0.4, 0.5) is 0 Å². The van der Waals surface area contributed by atoms with Crippen LogP contribution < -0.4 is 5.32 Å². The standard InChI is InChI=1S/C21H31N3O3/c1-15-6-8-17(9-7-15)18(22-16(2)25)14-19(26)23-10-12-24(13-11-23)20(27)21(3,4)5/h6-9,18H,10-14H2,1-5H3,(H,22,25). The minimum absolute atomic E-state index is 0.00261. The Hall–Kier alpha value is -2.37. The number of benzene rings is 1. The van der Waals surface area contributed by atoms with Gasteiger partial charge in [-0.05, 0) is 12.5 Å². The lowest BCUT2D eigenvalue weighted by atomic mass is 9.94. The molecule has 27 heavy (non-hydrogen) atoms. The summed E-state index contributed by atoms with van der Waals surface area (Å²) in [7, 11) is 0. The smallest absolute Gasteiger partial charge is 0.228 e. The van der Waals surface area contributed by atoms with Crippen molar-refractivity contribution in [3.05, 3.63) is 35.4 Å². The van der Waals surface area contributed by atoms with Crippen molar-refractivity contribution >= 4 is 17.7 Å². The van der Waals surface area contributed by atoms with E-state index in [0.29, 0.717) is 26.2 Å². The highest BCUT2D eigenvalue weighted by Gasteiger charge is 2.31. The average molecular weight is 373 g/mol. The van der Waals surface area contributed by atoms with Crippen LogP contribution in [0.1, 0.15) is 51.3 Å². The zero-order valence-corrected chi connectivity index (χ0v) is 17.0. The lowest BCUT2D eigenvalue weighted by molar-refractivity contribution is -0.145. The van der Waals surface area contributed by atoms with Gasteiger partial charge in [-0.15, -0.1) is 0 Å². The normalized spacial score (nSPS) is 16.0. The number of piperazine rings is 1. The molecule has 1 aromatic rings. The maximum atomic E-state index is 12.8. The fourth-order valence-corrected chi connectivity index (χ4v) is 3.23. The topological polar surface area (TPSA) is 69.7 Å². The van der Waals surface area contributed by atoms with Crippen LogP contribution in [0.25, 0.3) is 0 Å². The SMILES string of the molecule is CC(=O)NC(CC(=O)N1CCN(C(=O)C(C)(C)C)CC1)c1ccc(C)cc1. The molecule has 1 fully saturated rings. The number of rotatable bonds is 4. The van der Waals surface area contributed by atoms with E-state index in [2.05, 4.69) is 5.32 Å². The first kappa shape index (κ1) is 20.9. The molecule has 0 aliphatic carbocycles. The molecule has 3 amide bonds. The van der Waals surface area contributed by atoms with E-state index < -0.39 is 5.41 Å². The van der Waals surface area contributed by atoms with E-state index in [1.165, 1.54) is 6.92 Å². The Morgan fingerprint density at radius 2 is 1.52 bits per heavy atom. The highest BCUT2D eigenvalue weighted by Crippen LogP contribution is 2.21. The Kier molecular flexibility index (Phi) is 6.63. The molecule has 1 saturated heterocycles. The van der Waals surface area contributed by atoms with Crippen LogP contribution in [0.2, 0.25) is 0 Å². The van der Waals surface area contributed by atoms with Crippen molar-refractivity contribution < 1.29 is 14.4 Å². The number of amides is 3. The lowest BCUT2D eigenvalue weighted by Gasteiger charge is -2.38. The van der Waals surface area contributed by atoms with Gasteiger partial charge in [0.05, 0.1) is 12.5 Å². The number of hydrogen-bond acceptors (Lipinski definition) is 3. The molecular weight excluding hydrogens is 342 g/mol. The van der Waals surface area contributed by atoms with Crippen molar-refractivity contribution in [1.82, 2.24) is 15.1 Å². The molecule has 2 rings (SSSR count). The summed E-state index contributed by atoms with van der Waals surface area (Å²) >= 11 is 0. The maximum Gasteiger partial charge on any atom is 0.228 e. The molecule has 1 N–H and O–H groups in total. The van der Waals surface area contributed by atoms with Gasteiger partial charge in [0.1, 0.15) is 0 Å². The molecular formula is C21H31N3O3. The summed E-state index contributed by atoms with van der Waals surface area (Å²) in [5.41, 5.74) is 1.64. The Morgan fingerprint density at radius 3 is 2.00 bits per heavy atom. The van der Waals surface area contributed by atoms with Crippen molar-refractivity contribution in [2.75, 3.05) is 26.2 Å². The summed E-state index contributed by atoms with van der Waals surface area (Å²) in [4.78, 5) is 40.4. The summed E-state index contributed by atoms with van der Waals surface area (Å²) in [6.07, 6.45) is 0.218. The van der Waals surface area contributed by atoms with Crippen LogP contribution in [0, 0.1) is 12.3 Å². The largest absolute Gasteiger partial charge is 0.349 e. The quantitative estimate of drug-likeness (QED) is 0.880. The maximum absolute atomic E-state index is 12.8. The Bertz CT molecular complexity index is 684. The predicted octanol–water partition coefficient (Wildman–Crippen LogP) is 2.28.